The van der Waals surface area contributed by atoms with Crippen molar-refractivity contribution >= 4 is 5.91 Å². The van der Waals surface area contributed by atoms with Gasteiger partial charge in [-0.2, -0.15) is 0 Å². The standard InChI is InChI=1S/C16H26N4O/c1-18(9-5-15-3-7-17-8-4-15)10-6-16(21)20-13-11-19(2)12-14-20/h3-4,7-8H,5-6,9-14H2,1-2H3. The molecule has 5 nitrogen and oxygen atoms in total. The van der Waals surface area contributed by atoms with Crippen LogP contribution >= 0.6 is 0 Å². The van der Waals surface area contributed by atoms with Crippen molar-refractivity contribution in [2.75, 3.05) is 53.4 Å². The molecular weight excluding hydrogens is 264 g/mol. The summed E-state index contributed by atoms with van der Waals surface area (Å²) in [7, 11) is 4.19. The highest BCUT2D eigenvalue weighted by molar-refractivity contribution is 5.76. The highest BCUT2D eigenvalue weighted by Gasteiger charge is 2.18. The molecule has 0 bridgehead atoms. The van der Waals surface area contributed by atoms with E-state index in [1.165, 1.54) is 5.56 Å². The van der Waals surface area contributed by atoms with Gasteiger partial charge in [0.1, 0.15) is 0 Å². The Balaban J connectivity index is 1.64. The lowest BCUT2D eigenvalue weighted by Crippen LogP contribution is -2.47. The molecule has 1 amide bonds. The van der Waals surface area contributed by atoms with Crippen molar-refractivity contribution in [3.63, 3.8) is 0 Å². The van der Waals surface area contributed by atoms with Crippen molar-refractivity contribution in [3.05, 3.63) is 30.1 Å². The van der Waals surface area contributed by atoms with E-state index in [1.807, 2.05) is 29.4 Å². The zero-order valence-corrected chi connectivity index (χ0v) is 13.2. The third-order valence-corrected chi connectivity index (χ3v) is 4.09. The van der Waals surface area contributed by atoms with Crippen LogP contribution in [0, 0.1) is 0 Å². The average Bonchev–Trinajstić information content (AvgIpc) is 2.52. The van der Waals surface area contributed by atoms with Crippen LogP contribution in [0.25, 0.3) is 0 Å². The van der Waals surface area contributed by atoms with E-state index in [0.29, 0.717) is 12.3 Å². The van der Waals surface area contributed by atoms with Gasteiger partial charge in [-0.3, -0.25) is 9.78 Å². The Morgan fingerprint density at radius 3 is 2.52 bits per heavy atom. The SMILES string of the molecule is CN(CCC(=O)N1CCN(C)CC1)CCc1ccncc1. The van der Waals surface area contributed by atoms with Crippen LogP contribution in [0.1, 0.15) is 12.0 Å². The molecule has 1 aliphatic heterocycles. The maximum Gasteiger partial charge on any atom is 0.223 e. The summed E-state index contributed by atoms with van der Waals surface area (Å²) < 4.78 is 0. The van der Waals surface area contributed by atoms with Gasteiger partial charge in [-0.15, -0.1) is 0 Å². The van der Waals surface area contributed by atoms with E-state index in [0.717, 1.165) is 45.7 Å². The summed E-state index contributed by atoms with van der Waals surface area (Å²) in [5.41, 5.74) is 1.29. The first-order valence-electron chi connectivity index (χ1n) is 7.69. The van der Waals surface area contributed by atoms with Crippen LogP contribution in [-0.2, 0) is 11.2 Å². The fourth-order valence-corrected chi connectivity index (χ4v) is 2.48. The van der Waals surface area contributed by atoms with Crippen LogP contribution < -0.4 is 0 Å². The molecule has 0 spiro atoms. The molecule has 1 aromatic heterocycles. The molecule has 0 radical (unpaired) electrons. The quantitative estimate of drug-likeness (QED) is 0.774. The summed E-state index contributed by atoms with van der Waals surface area (Å²) in [6.45, 7) is 5.52. The second kappa shape index (κ2) is 8.10. The van der Waals surface area contributed by atoms with E-state index in [1.54, 1.807) is 0 Å². The van der Waals surface area contributed by atoms with Gasteiger partial charge in [-0.25, -0.2) is 0 Å². The van der Waals surface area contributed by atoms with Gasteiger partial charge in [0.15, 0.2) is 0 Å². The number of amides is 1. The van der Waals surface area contributed by atoms with Crippen molar-refractivity contribution in [2.24, 2.45) is 0 Å². The maximum absolute atomic E-state index is 12.2. The topological polar surface area (TPSA) is 39.7 Å². The number of carbonyl (C=O) groups excluding carboxylic acids is 1. The Bertz CT molecular complexity index is 429. The summed E-state index contributed by atoms with van der Waals surface area (Å²) in [6, 6.07) is 4.09. The summed E-state index contributed by atoms with van der Waals surface area (Å²) in [5, 5.41) is 0. The molecule has 1 saturated heterocycles. The van der Waals surface area contributed by atoms with Crippen molar-refractivity contribution in [1.29, 1.82) is 0 Å². The van der Waals surface area contributed by atoms with Crippen LogP contribution in [0.4, 0.5) is 0 Å². The highest BCUT2D eigenvalue weighted by atomic mass is 16.2. The third kappa shape index (κ3) is 5.44. The summed E-state index contributed by atoms with van der Waals surface area (Å²) >= 11 is 0. The fraction of sp³-hybridized carbons (Fsp3) is 0.625. The van der Waals surface area contributed by atoms with Crippen molar-refractivity contribution in [3.8, 4) is 0 Å². The number of nitrogens with zero attached hydrogens (tertiary/aromatic N) is 4. The van der Waals surface area contributed by atoms with E-state index >= 15 is 0 Å². The lowest BCUT2D eigenvalue weighted by molar-refractivity contribution is -0.133. The first-order chi connectivity index (χ1) is 10.1. The number of pyridine rings is 1. The molecule has 21 heavy (non-hydrogen) atoms. The minimum Gasteiger partial charge on any atom is -0.340 e. The van der Waals surface area contributed by atoms with Crippen LogP contribution in [0.2, 0.25) is 0 Å². The zero-order chi connectivity index (χ0) is 15.1. The van der Waals surface area contributed by atoms with E-state index in [9.17, 15) is 4.79 Å². The van der Waals surface area contributed by atoms with E-state index in [4.69, 9.17) is 0 Å². The lowest BCUT2D eigenvalue weighted by Gasteiger charge is -2.32. The number of hydrogen-bond acceptors (Lipinski definition) is 4. The van der Waals surface area contributed by atoms with Gasteiger partial charge in [0.05, 0.1) is 0 Å². The summed E-state index contributed by atoms with van der Waals surface area (Å²) in [5.74, 6) is 0.291. The molecule has 1 fully saturated rings. The molecule has 0 saturated carbocycles. The number of rotatable bonds is 6. The normalized spacial score (nSPS) is 16.4. The summed E-state index contributed by atoms with van der Waals surface area (Å²) in [6.07, 6.45) is 5.27. The molecule has 0 aliphatic carbocycles. The minimum absolute atomic E-state index is 0.291. The molecule has 0 aromatic carbocycles. The predicted octanol–water partition coefficient (Wildman–Crippen LogP) is 0.720. The van der Waals surface area contributed by atoms with E-state index in [-0.39, 0.29) is 0 Å². The van der Waals surface area contributed by atoms with Gasteiger partial charge in [0.2, 0.25) is 5.91 Å². The van der Waals surface area contributed by atoms with E-state index < -0.39 is 0 Å². The lowest BCUT2D eigenvalue weighted by atomic mass is 10.2. The van der Waals surface area contributed by atoms with Crippen molar-refractivity contribution in [1.82, 2.24) is 19.7 Å². The van der Waals surface area contributed by atoms with Crippen molar-refractivity contribution < 1.29 is 4.79 Å². The Hall–Kier alpha value is -1.46. The van der Waals surface area contributed by atoms with Crippen molar-refractivity contribution in [2.45, 2.75) is 12.8 Å². The van der Waals surface area contributed by atoms with E-state index in [2.05, 4.69) is 28.9 Å². The number of piperazine rings is 1. The van der Waals surface area contributed by atoms with Crippen LogP contribution in [0.5, 0.6) is 0 Å². The van der Waals surface area contributed by atoms with Crippen LogP contribution in [0.15, 0.2) is 24.5 Å². The number of aromatic nitrogens is 1. The molecule has 0 atom stereocenters. The second-order valence-corrected chi connectivity index (χ2v) is 5.84. The maximum atomic E-state index is 12.2. The summed E-state index contributed by atoms with van der Waals surface area (Å²) in [4.78, 5) is 22.7. The molecule has 2 heterocycles. The number of carbonyl (C=O) groups is 1. The predicted molar refractivity (Wildman–Crippen MR) is 84.1 cm³/mol. The zero-order valence-electron chi connectivity index (χ0n) is 13.2. The largest absolute Gasteiger partial charge is 0.340 e. The monoisotopic (exact) mass is 290 g/mol. The molecule has 0 N–H and O–H groups in total. The van der Waals surface area contributed by atoms with Crippen LogP contribution in [0.3, 0.4) is 0 Å². The average molecular weight is 290 g/mol. The molecular formula is C16H26N4O. The number of likely N-dealkylation sites (N-methyl/N-ethyl adjacent to an activating group) is 2. The second-order valence-electron chi connectivity index (χ2n) is 5.84. The van der Waals surface area contributed by atoms with Gasteiger partial charge in [0, 0.05) is 58.1 Å². The Morgan fingerprint density at radius 2 is 1.86 bits per heavy atom. The molecule has 1 aliphatic rings. The Kier molecular flexibility index (Phi) is 6.14. The van der Waals surface area contributed by atoms with Gasteiger partial charge in [0.25, 0.3) is 0 Å². The minimum atomic E-state index is 0.291. The first-order valence-corrected chi connectivity index (χ1v) is 7.69. The Labute approximate surface area is 127 Å². The molecule has 1 aromatic rings. The molecule has 116 valence electrons. The molecule has 2 rings (SSSR count). The van der Waals surface area contributed by atoms with Gasteiger partial charge in [-0.05, 0) is 38.2 Å². The third-order valence-electron chi connectivity index (χ3n) is 4.09. The van der Waals surface area contributed by atoms with Gasteiger partial charge < -0.3 is 14.7 Å². The molecule has 5 heteroatoms. The van der Waals surface area contributed by atoms with Crippen LogP contribution in [-0.4, -0.2) is 79.0 Å². The highest BCUT2D eigenvalue weighted by Crippen LogP contribution is 2.03. The van der Waals surface area contributed by atoms with Gasteiger partial charge in [-0.1, -0.05) is 0 Å². The van der Waals surface area contributed by atoms with Gasteiger partial charge >= 0.3 is 0 Å². The fourth-order valence-electron chi connectivity index (χ4n) is 2.48. The molecule has 0 unspecified atom stereocenters. The smallest absolute Gasteiger partial charge is 0.223 e. The Morgan fingerprint density at radius 1 is 1.19 bits per heavy atom. The number of hydrogen-bond donors (Lipinski definition) is 0. The first kappa shape index (κ1) is 15.9.